The van der Waals surface area contributed by atoms with Crippen LogP contribution < -0.4 is 10.6 Å². The van der Waals surface area contributed by atoms with Crippen LogP contribution in [0.15, 0.2) is 6.07 Å². The van der Waals surface area contributed by atoms with Crippen molar-refractivity contribution in [3.05, 3.63) is 11.8 Å². The van der Waals surface area contributed by atoms with E-state index in [-0.39, 0.29) is 36.1 Å². The minimum absolute atomic E-state index is 0.0306. The van der Waals surface area contributed by atoms with Crippen molar-refractivity contribution in [2.24, 2.45) is 11.8 Å². The normalized spacial score (nSPS) is 32.6. The molecule has 4 atom stereocenters. The summed E-state index contributed by atoms with van der Waals surface area (Å²) in [6, 6.07) is 1.11. The maximum absolute atomic E-state index is 13.5. The average molecular weight is 426 g/mol. The summed E-state index contributed by atoms with van der Waals surface area (Å²) in [5.74, 6) is 1.48. The Morgan fingerprint density at radius 1 is 0.800 bits per heavy atom. The quantitative estimate of drug-likeness (QED) is 0.710. The molecule has 2 saturated carbocycles. The number of hydrogen-bond donors (Lipinski definition) is 2. The largest absolute Gasteiger partial charge is 0.433 e. The molecule has 0 radical (unpaired) electrons. The van der Waals surface area contributed by atoms with Crippen molar-refractivity contribution < 1.29 is 22.6 Å². The van der Waals surface area contributed by atoms with Crippen LogP contribution in [0.4, 0.5) is 24.9 Å². The summed E-state index contributed by atoms with van der Waals surface area (Å²) in [5.41, 5.74) is -0.917. The zero-order valence-corrected chi connectivity index (χ0v) is 17.0. The molecule has 0 bridgehead atoms. The first-order valence-corrected chi connectivity index (χ1v) is 11.2. The van der Waals surface area contributed by atoms with Crippen molar-refractivity contribution in [2.45, 2.75) is 81.8 Å². The maximum Gasteiger partial charge on any atom is 0.433 e. The van der Waals surface area contributed by atoms with Gasteiger partial charge in [-0.1, -0.05) is 0 Å². The number of aromatic nitrogens is 2. The highest BCUT2D eigenvalue weighted by atomic mass is 19.4. The number of ether oxygens (including phenoxy) is 2. The van der Waals surface area contributed by atoms with Crippen molar-refractivity contribution in [3.8, 4) is 0 Å². The van der Waals surface area contributed by atoms with Gasteiger partial charge >= 0.3 is 6.18 Å². The van der Waals surface area contributed by atoms with E-state index in [4.69, 9.17) is 9.47 Å². The van der Waals surface area contributed by atoms with Gasteiger partial charge in [0.2, 0.25) is 5.95 Å². The summed E-state index contributed by atoms with van der Waals surface area (Å²) < 4.78 is 52.1. The van der Waals surface area contributed by atoms with Crippen LogP contribution in [0.5, 0.6) is 0 Å². The lowest BCUT2D eigenvalue weighted by atomic mass is 10.00. The number of rotatable bonds is 6. The van der Waals surface area contributed by atoms with Gasteiger partial charge in [-0.25, -0.2) is 4.98 Å². The molecule has 4 unspecified atom stereocenters. The summed E-state index contributed by atoms with van der Waals surface area (Å²) in [6.07, 6.45) is 3.72. The Balaban J connectivity index is 1.29. The van der Waals surface area contributed by atoms with Gasteiger partial charge < -0.3 is 20.1 Å². The Kier molecular flexibility index (Phi) is 5.51. The zero-order valence-electron chi connectivity index (χ0n) is 17.0. The third-order valence-electron chi connectivity index (χ3n) is 6.63. The summed E-state index contributed by atoms with van der Waals surface area (Å²) in [6.45, 7) is 1.25. The Labute approximate surface area is 174 Å². The molecule has 3 heterocycles. The number of anilines is 2. The van der Waals surface area contributed by atoms with Crippen molar-refractivity contribution >= 4 is 11.8 Å². The fourth-order valence-electron chi connectivity index (χ4n) is 4.63. The van der Waals surface area contributed by atoms with Gasteiger partial charge in [0.25, 0.3) is 0 Å². The SMILES string of the molecule is FC(F)(F)c1cc(NC2CCOC(C3CC3)C2)nc(NC2CCOC(C3CC3)C2)n1. The lowest BCUT2D eigenvalue weighted by Gasteiger charge is -2.31. The third-order valence-corrected chi connectivity index (χ3v) is 6.63. The summed E-state index contributed by atoms with van der Waals surface area (Å²) >= 11 is 0. The molecule has 2 saturated heterocycles. The standard InChI is InChI=1S/C21H29F3N4O2/c22-21(23,24)18-11-19(25-14-5-7-29-16(9-14)12-1-2-12)28-20(27-18)26-15-6-8-30-17(10-15)13-3-4-13/h11-17H,1-10H2,(H2,25,26,27,28). The van der Waals surface area contributed by atoms with E-state index in [1.807, 2.05) is 0 Å². The van der Waals surface area contributed by atoms with Gasteiger partial charge in [0.15, 0.2) is 5.69 Å². The van der Waals surface area contributed by atoms with Crippen molar-refractivity contribution in [1.82, 2.24) is 9.97 Å². The minimum Gasteiger partial charge on any atom is -0.378 e. The summed E-state index contributed by atoms with van der Waals surface area (Å²) in [7, 11) is 0. The molecule has 4 fully saturated rings. The van der Waals surface area contributed by atoms with Crippen LogP contribution in [-0.2, 0) is 15.7 Å². The summed E-state index contributed by atoms with van der Waals surface area (Å²) in [4.78, 5) is 8.17. The number of nitrogens with one attached hydrogen (secondary N) is 2. The van der Waals surface area contributed by atoms with Crippen LogP contribution in [0.25, 0.3) is 0 Å². The van der Waals surface area contributed by atoms with Crippen molar-refractivity contribution in [1.29, 1.82) is 0 Å². The van der Waals surface area contributed by atoms with Crippen LogP contribution >= 0.6 is 0 Å². The van der Waals surface area contributed by atoms with Gasteiger partial charge in [0.1, 0.15) is 5.82 Å². The molecule has 1 aromatic rings. The highest BCUT2D eigenvalue weighted by molar-refractivity contribution is 5.44. The van der Waals surface area contributed by atoms with E-state index in [0.717, 1.165) is 31.7 Å². The van der Waals surface area contributed by atoms with E-state index >= 15 is 0 Å². The molecule has 4 aliphatic rings. The lowest BCUT2D eigenvalue weighted by Crippen LogP contribution is -2.36. The molecule has 0 aromatic carbocycles. The third kappa shape index (κ3) is 4.99. The first-order chi connectivity index (χ1) is 14.4. The molecule has 6 nitrogen and oxygen atoms in total. The molecule has 2 aliphatic heterocycles. The molecule has 0 spiro atoms. The Hall–Kier alpha value is -1.61. The van der Waals surface area contributed by atoms with E-state index < -0.39 is 11.9 Å². The monoisotopic (exact) mass is 426 g/mol. The Bertz CT molecular complexity index is 702. The topological polar surface area (TPSA) is 68.3 Å². The van der Waals surface area contributed by atoms with Gasteiger partial charge in [-0.15, -0.1) is 0 Å². The molecule has 30 heavy (non-hydrogen) atoms. The van der Waals surface area contributed by atoms with E-state index in [2.05, 4.69) is 20.6 Å². The fourth-order valence-corrected chi connectivity index (χ4v) is 4.63. The first-order valence-electron chi connectivity index (χ1n) is 11.2. The molecule has 1 aromatic heterocycles. The molecule has 166 valence electrons. The molecular weight excluding hydrogens is 397 g/mol. The second-order valence-electron chi connectivity index (χ2n) is 9.18. The molecule has 2 aliphatic carbocycles. The Morgan fingerprint density at radius 2 is 1.37 bits per heavy atom. The molecule has 5 rings (SSSR count). The molecule has 2 N–H and O–H groups in total. The molecular formula is C21H29F3N4O2. The van der Waals surface area contributed by atoms with Crippen molar-refractivity contribution in [2.75, 3.05) is 23.8 Å². The predicted molar refractivity (Wildman–Crippen MR) is 105 cm³/mol. The van der Waals surface area contributed by atoms with E-state index in [0.29, 0.717) is 25.0 Å². The average Bonchev–Trinajstić information content (AvgIpc) is 3.61. The van der Waals surface area contributed by atoms with Crippen LogP contribution in [0.2, 0.25) is 0 Å². The highest BCUT2D eigenvalue weighted by Crippen LogP contribution is 2.40. The lowest BCUT2D eigenvalue weighted by molar-refractivity contribution is -0.141. The smallest absolute Gasteiger partial charge is 0.378 e. The molecule has 0 amide bonds. The number of halogens is 3. The molecule has 9 heteroatoms. The number of nitrogens with zero attached hydrogens (tertiary/aromatic N) is 2. The van der Waals surface area contributed by atoms with Gasteiger partial charge in [-0.3, -0.25) is 0 Å². The second kappa shape index (κ2) is 8.15. The highest BCUT2D eigenvalue weighted by Gasteiger charge is 2.38. The number of hydrogen-bond acceptors (Lipinski definition) is 6. The Morgan fingerprint density at radius 3 is 1.90 bits per heavy atom. The van der Waals surface area contributed by atoms with Crippen LogP contribution in [0.3, 0.4) is 0 Å². The zero-order chi connectivity index (χ0) is 20.7. The predicted octanol–water partition coefficient (Wildman–Crippen LogP) is 4.23. The van der Waals surface area contributed by atoms with Crippen LogP contribution in [-0.4, -0.2) is 47.5 Å². The fraction of sp³-hybridized carbons (Fsp3) is 0.810. The van der Waals surface area contributed by atoms with E-state index in [9.17, 15) is 13.2 Å². The second-order valence-corrected chi connectivity index (χ2v) is 9.18. The van der Waals surface area contributed by atoms with Gasteiger partial charge in [-0.05, 0) is 63.2 Å². The summed E-state index contributed by atoms with van der Waals surface area (Å²) in [5, 5.41) is 6.38. The van der Waals surface area contributed by atoms with Crippen LogP contribution in [0, 0.1) is 11.8 Å². The van der Waals surface area contributed by atoms with Gasteiger partial charge in [-0.2, -0.15) is 18.2 Å². The minimum atomic E-state index is -4.52. The van der Waals surface area contributed by atoms with Crippen LogP contribution in [0.1, 0.15) is 57.1 Å². The van der Waals surface area contributed by atoms with Gasteiger partial charge in [0.05, 0.1) is 12.2 Å². The van der Waals surface area contributed by atoms with Crippen molar-refractivity contribution in [3.63, 3.8) is 0 Å². The first kappa shape index (κ1) is 20.3. The van der Waals surface area contributed by atoms with E-state index in [1.54, 1.807) is 0 Å². The number of alkyl halides is 3. The van der Waals surface area contributed by atoms with Gasteiger partial charge in [0, 0.05) is 31.4 Å². The maximum atomic E-state index is 13.5. The van der Waals surface area contributed by atoms with E-state index in [1.165, 1.54) is 25.7 Å².